The van der Waals surface area contributed by atoms with Crippen LogP contribution in [0, 0.1) is 0 Å². The van der Waals surface area contributed by atoms with E-state index >= 15 is 0 Å². The van der Waals surface area contributed by atoms with E-state index in [0.29, 0.717) is 0 Å². The second-order valence-electron chi connectivity index (χ2n) is 13.9. The van der Waals surface area contributed by atoms with E-state index in [1.54, 1.807) is 0 Å². The van der Waals surface area contributed by atoms with Gasteiger partial charge in [-0.1, -0.05) is 205 Å². The fourth-order valence-electron chi connectivity index (χ4n) is 7.64. The van der Waals surface area contributed by atoms with Crippen molar-refractivity contribution < 1.29 is 17.0 Å². The van der Waals surface area contributed by atoms with Gasteiger partial charge in [0.25, 0.3) is 0 Å². The molecule has 0 spiro atoms. The van der Waals surface area contributed by atoms with Crippen molar-refractivity contribution in [3.05, 3.63) is 243 Å². The van der Waals surface area contributed by atoms with Gasteiger partial charge in [-0.15, -0.1) is 68.6 Å². The van der Waals surface area contributed by atoms with Crippen LogP contribution in [0.4, 0.5) is 0 Å². The van der Waals surface area contributed by atoms with E-state index in [9.17, 15) is 0 Å². The SMILES string of the molecule is [Cl][Ti][Cl].c1ccc(-c2cccc3[cH-]c(P(c4ccccc4)c4ccccc4)cc23)cc1.c1ccc(-c2cccc3[cH-]c(P(c4ccccc4)c4ccccc4)cc23)cc1. The van der Waals surface area contributed by atoms with E-state index in [1.807, 2.05) is 0 Å². The number of benzene rings is 8. The van der Waals surface area contributed by atoms with Crippen LogP contribution in [0.25, 0.3) is 43.8 Å². The molecule has 59 heavy (non-hydrogen) atoms. The van der Waals surface area contributed by atoms with Crippen LogP contribution in [0.2, 0.25) is 0 Å². The third-order valence-corrected chi connectivity index (χ3v) is 15.0. The zero-order chi connectivity index (χ0) is 40.2. The van der Waals surface area contributed by atoms with Gasteiger partial charge in [0.05, 0.1) is 0 Å². The monoisotopic (exact) mass is 868 g/mol. The van der Waals surface area contributed by atoms with E-state index in [2.05, 4.69) is 243 Å². The third kappa shape index (κ3) is 9.79. The minimum Gasteiger partial charge on any atom is -0.159 e. The first kappa shape index (κ1) is 40.9. The first-order valence-electron chi connectivity index (χ1n) is 19.5. The molecule has 5 heteroatoms. The molecule has 0 heterocycles. The van der Waals surface area contributed by atoms with Crippen LogP contribution in [-0.4, -0.2) is 0 Å². The van der Waals surface area contributed by atoms with Crippen molar-refractivity contribution in [3.8, 4) is 22.3 Å². The molecule has 10 rings (SSSR count). The number of hydrogen-bond donors (Lipinski definition) is 0. The van der Waals surface area contributed by atoms with Gasteiger partial charge < -0.3 is 0 Å². The zero-order valence-electron chi connectivity index (χ0n) is 32.2. The molecule has 0 atom stereocenters. The molecule has 0 N–H and O–H groups in total. The molecule has 0 fully saturated rings. The topological polar surface area (TPSA) is 0 Å². The molecule has 0 saturated heterocycles. The maximum Gasteiger partial charge on any atom is -0.0166 e. The zero-order valence-corrected chi connectivity index (χ0v) is 37.1. The summed E-state index contributed by atoms with van der Waals surface area (Å²) in [6.07, 6.45) is 0. The summed E-state index contributed by atoms with van der Waals surface area (Å²) < 4.78 is 0. The van der Waals surface area contributed by atoms with Crippen molar-refractivity contribution in [3.63, 3.8) is 0 Å². The van der Waals surface area contributed by atoms with E-state index < -0.39 is 32.9 Å². The Labute approximate surface area is 367 Å². The molecule has 0 aromatic heterocycles. The summed E-state index contributed by atoms with van der Waals surface area (Å²) in [4.78, 5) is 0. The van der Waals surface area contributed by atoms with Crippen molar-refractivity contribution in [1.82, 2.24) is 0 Å². The quantitative estimate of drug-likeness (QED) is 0.0811. The maximum absolute atomic E-state index is 4.89. The van der Waals surface area contributed by atoms with Gasteiger partial charge >= 0.3 is 35.6 Å². The van der Waals surface area contributed by atoms with Gasteiger partial charge in [-0.3, -0.25) is 0 Å². The third-order valence-electron chi connectivity index (χ3n) is 10.2. The summed E-state index contributed by atoms with van der Waals surface area (Å²) in [5, 5.41) is 13.7. The Bertz CT molecular complexity index is 2530. The Hall–Kier alpha value is -4.87. The molecule has 0 nitrogen and oxygen atoms in total. The van der Waals surface area contributed by atoms with Gasteiger partial charge in [-0.25, -0.2) is 0 Å². The van der Waals surface area contributed by atoms with Crippen LogP contribution >= 0.6 is 34.5 Å². The number of rotatable bonds is 8. The molecule has 0 aliphatic rings. The number of halogens is 2. The Balaban J connectivity index is 0.000000154. The van der Waals surface area contributed by atoms with Gasteiger partial charge in [-0.05, 0) is 48.2 Å². The van der Waals surface area contributed by atoms with E-state index in [0.717, 1.165) is 0 Å². The van der Waals surface area contributed by atoms with E-state index in [-0.39, 0.29) is 0 Å². The average Bonchev–Trinajstić information content (AvgIpc) is 3.94. The Morgan fingerprint density at radius 2 is 0.593 bits per heavy atom. The molecule has 0 bridgehead atoms. The molecule has 0 aliphatic carbocycles. The van der Waals surface area contributed by atoms with Crippen molar-refractivity contribution in [1.29, 1.82) is 0 Å². The molecule has 0 radical (unpaired) electrons. The average molecular weight is 870 g/mol. The predicted molar refractivity (Wildman–Crippen MR) is 259 cm³/mol. The summed E-state index contributed by atoms with van der Waals surface area (Å²) in [5.41, 5.74) is 5.16. The Morgan fingerprint density at radius 3 is 0.881 bits per heavy atom. The molecule has 10 aromatic rings. The fraction of sp³-hybridized carbons (Fsp3) is 0. The normalized spacial score (nSPS) is 10.8. The molecule has 0 aliphatic heterocycles. The summed E-state index contributed by atoms with van der Waals surface area (Å²) in [5.74, 6) is 0. The smallest absolute Gasteiger partial charge is 0.0166 e. The van der Waals surface area contributed by atoms with Gasteiger partial charge in [0.1, 0.15) is 0 Å². The standard InChI is InChI=1S/2C27H20P.2ClH.Ti/c2*1-4-11-21(12-5-1)26-18-10-13-22-19-25(20-27(22)26)28(23-14-6-2-7-15-23)24-16-8-3-9-17-24;;;/h2*1-20H;2*1H;/q2*-1;;;+2/p-2. The first-order valence-corrected chi connectivity index (χ1v) is 26.5. The minimum absolute atomic E-state index is 0.556. The molecule has 10 aromatic carbocycles. The Morgan fingerprint density at radius 1 is 0.322 bits per heavy atom. The molecule has 0 saturated carbocycles. The van der Waals surface area contributed by atoms with Gasteiger partial charge in [0.2, 0.25) is 0 Å². The van der Waals surface area contributed by atoms with Crippen LogP contribution in [0.15, 0.2) is 243 Å². The van der Waals surface area contributed by atoms with Crippen molar-refractivity contribution in [2.45, 2.75) is 0 Å². The largest absolute Gasteiger partial charge is 0.159 e. The van der Waals surface area contributed by atoms with E-state index in [4.69, 9.17) is 18.6 Å². The van der Waals surface area contributed by atoms with E-state index in [1.165, 1.54) is 75.6 Å². The molecule has 0 unspecified atom stereocenters. The van der Waals surface area contributed by atoms with Gasteiger partial charge in [-0.2, -0.15) is 12.1 Å². The van der Waals surface area contributed by atoms with Crippen molar-refractivity contribution >= 4 is 87.8 Å². The number of fused-ring (bicyclic) bond motifs is 2. The Kier molecular flexibility index (Phi) is 14.1. The summed E-state index contributed by atoms with van der Waals surface area (Å²) in [6.45, 7) is 0. The number of hydrogen-bond acceptors (Lipinski definition) is 0. The fourth-order valence-corrected chi connectivity index (χ4v) is 12.4. The van der Waals surface area contributed by atoms with Crippen LogP contribution < -0.4 is 31.8 Å². The molecular formula is C54H40Cl2P2Ti-2. The summed E-state index contributed by atoms with van der Waals surface area (Å²) in [6, 6.07) is 87.8. The summed E-state index contributed by atoms with van der Waals surface area (Å²) in [7, 11) is 8.63. The molecule has 286 valence electrons. The van der Waals surface area contributed by atoms with Crippen LogP contribution in [-0.2, 0) is 17.0 Å². The van der Waals surface area contributed by atoms with Crippen molar-refractivity contribution in [2.24, 2.45) is 0 Å². The molecule has 0 amide bonds. The predicted octanol–water partition coefficient (Wildman–Crippen LogP) is 13.3. The minimum atomic E-state index is -0.574. The van der Waals surface area contributed by atoms with Crippen molar-refractivity contribution in [2.75, 3.05) is 0 Å². The first-order chi connectivity index (χ1) is 29.2. The van der Waals surface area contributed by atoms with Crippen LogP contribution in [0.1, 0.15) is 0 Å². The van der Waals surface area contributed by atoms with Crippen LogP contribution in [0.5, 0.6) is 0 Å². The van der Waals surface area contributed by atoms with Gasteiger partial charge in [0.15, 0.2) is 0 Å². The maximum atomic E-state index is 4.89. The van der Waals surface area contributed by atoms with Gasteiger partial charge in [0, 0.05) is 0 Å². The summed E-state index contributed by atoms with van der Waals surface area (Å²) >= 11 is -0.556. The second kappa shape index (κ2) is 20.4. The van der Waals surface area contributed by atoms with Crippen LogP contribution in [0.3, 0.4) is 0 Å². The second-order valence-corrected chi connectivity index (χ2v) is 20.9. The molecular weight excluding hydrogens is 829 g/mol.